The first kappa shape index (κ1) is 12.6. The van der Waals surface area contributed by atoms with Gasteiger partial charge >= 0.3 is 0 Å². The number of benzene rings is 1. The molecule has 2 aliphatic heterocycles. The number of carbonyl (C=O) groups excluding carboxylic acids is 1. The minimum atomic E-state index is -3.56. The quantitative estimate of drug-likeness (QED) is 0.859. The van der Waals surface area contributed by atoms with Crippen molar-refractivity contribution in [3.05, 3.63) is 23.8 Å². The van der Waals surface area contributed by atoms with Crippen LogP contribution < -0.4 is 5.32 Å². The highest BCUT2D eigenvalue weighted by atomic mass is 32.2. The first-order valence-corrected chi connectivity index (χ1v) is 7.49. The van der Waals surface area contributed by atoms with E-state index in [9.17, 15) is 13.2 Å². The van der Waals surface area contributed by atoms with Crippen LogP contribution in [0.4, 0.5) is 5.69 Å². The number of nitrogens with zero attached hydrogens (tertiary/aromatic N) is 1. The number of sulfonamides is 1. The van der Waals surface area contributed by atoms with E-state index in [1.807, 2.05) is 0 Å². The summed E-state index contributed by atoms with van der Waals surface area (Å²) in [7, 11) is -3.56. The standard InChI is InChI=1S/C12H14N2O4S/c1-8-14(4-5-18-8)19(16,17)10-2-3-11-9(6-10)7-12(15)13-11/h2-3,6,8H,4-5,7H2,1H3,(H,13,15). The van der Waals surface area contributed by atoms with Crippen LogP contribution in [0, 0.1) is 0 Å². The molecule has 0 saturated carbocycles. The summed E-state index contributed by atoms with van der Waals surface area (Å²) in [5.74, 6) is -0.109. The molecule has 0 aromatic heterocycles. The lowest BCUT2D eigenvalue weighted by atomic mass is 10.2. The molecule has 0 bridgehead atoms. The molecule has 3 rings (SSSR count). The summed E-state index contributed by atoms with van der Waals surface area (Å²) in [6.07, 6.45) is -0.219. The maximum absolute atomic E-state index is 12.5. The van der Waals surface area contributed by atoms with E-state index in [1.165, 1.54) is 10.4 Å². The van der Waals surface area contributed by atoms with Crippen molar-refractivity contribution in [3.63, 3.8) is 0 Å². The maximum atomic E-state index is 12.5. The number of fused-ring (bicyclic) bond motifs is 1. The third-order valence-electron chi connectivity index (χ3n) is 3.38. The van der Waals surface area contributed by atoms with Gasteiger partial charge in [0.15, 0.2) is 0 Å². The van der Waals surface area contributed by atoms with Crippen LogP contribution in [0.2, 0.25) is 0 Å². The van der Waals surface area contributed by atoms with E-state index in [0.29, 0.717) is 18.8 Å². The van der Waals surface area contributed by atoms with E-state index < -0.39 is 16.3 Å². The lowest BCUT2D eigenvalue weighted by Gasteiger charge is -2.19. The van der Waals surface area contributed by atoms with E-state index in [0.717, 1.165) is 5.56 Å². The van der Waals surface area contributed by atoms with Crippen molar-refractivity contribution < 1.29 is 17.9 Å². The average molecular weight is 282 g/mol. The molecule has 1 aromatic rings. The average Bonchev–Trinajstić information content (AvgIpc) is 2.92. The fourth-order valence-corrected chi connectivity index (χ4v) is 3.96. The molecule has 1 atom stereocenters. The van der Waals surface area contributed by atoms with Crippen LogP contribution in [0.3, 0.4) is 0 Å². The molecule has 2 heterocycles. The Bertz CT molecular complexity index is 641. The Labute approximate surface area is 111 Å². The van der Waals surface area contributed by atoms with Gasteiger partial charge in [0.25, 0.3) is 0 Å². The van der Waals surface area contributed by atoms with Gasteiger partial charge in [-0.05, 0) is 30.7 Å². The smallest absolute Gasteiger partial charge is 0.245 e. The molecule has 1 aromatic carbocycles. The van der Waals surface area contributed by atoms with Gasteiger partial charge in [0.1, 0.15) is 6.23 Å². The molecule has 6 nitrogen and oxygen atoms in total. The van der Waals surface area contributed by atoms with E-state index >= 15 is 0 Å². The molecular formula is C12H14N2O4S. The molecule has 1 N–H and O–H groups in total. The second kappa shape index (κ2) is 4.29. The summed E-state index contributed by atoms with van der Waals surface area (Å²) in [5.41, 5.74) is 1.41. The van der Waals surface area contributed by atoms with Gasteiger partial charge in [-0.25, -0.2) is 8.42 Å². The molecule has 7 heteroatoms. The lowest BCUT2D eigenvalue weighted by molar-refractivity contribution is -0.115. The fraction of sp³-hybridized carbons (Fsp3) is 0.417. The van der Waals surface area contributed by atoms with Gasteiger partial charge in [-0.2, -0.15) is 4.31 Å². The van der Waals surface area contributed by atoms with Crippen molar-refractivity contribution in [2.75, 3.05) is 18.5 Å². The van der Waals surface area contributed by atoms with E-state index in [4.69, 9.17) is 4.74 Å². The molecule has 0 spiro atoms. The third-order valence-corrected chi connectivity index (χ3v) is 5.33. The summed E-state index contributed by atoms with van der Waals surface area (Å²) in [5, 5.41) is 2.68. The summed E-state index contributed by atoms with van der Waals surface area (Å²) in [4.78, 5) is 11.5. The van der Waals surface area contributed by atoms with Crippen LogP contribution in [-0.4, -0.2) is 38.0 Å². The van der Waals surface area contributed by atoms with Gasteiger partial charge in [-0.15, -0.1) is 0 Å². The van der Waals surface area contributed by atoms with Crippen molar-refractivity contribution in [2.45, 2.75) is 24.5 Å². The van der Waals surface area contributed by atoms with Crippen LogP contribution >= 0.6 is 0 Å². The largest absolute Gasteiger partial charge is 0.361 e. The molecular weight excluding hydrogens is 268 g/mol. The van der Waals surface area contributed by atoms with E-state index in [-0.39, 0.29) is 17.2 Å². The van der Waals surface area contributed by atoms with Crippen LogP contribution in [0.5, 0.6) is 0 Å². The molecule has 1 saturated heterocycles. The van der Waals surface area contributed by atoms with Gasteiger partial charge in [0.2, 0.25) is 15.9 Å². The van der Waals surface area contributed by atoms with Crippen LogP contribution in [0.15, 0.2) is 23.1 Å². The predicted molar refractivity (Wildman–Crippen MR) is 68.1 cm³/mol. The highest BCUT2D eigenvalue weighted by molar-refractivity contribution is 7.89. The number of ether oxygens (including phenoxy) is 1. The third kappa shape index (κ3) is 2.03. The van der Waals surface area contributed by atoms with Crippen molar-refractivity contribution in [3.8, 4) is 0 Å². The zero-order chi connectivity index (χ0) is 13.6. The predicted octanol–water partition coefficient (Wildman–Crippen LogP) is 0.548. The Balaban J connectivity index is 1.99. The number of carbonyl (C=O) groups is 1. The minimum Gasteiger partial charge on any atom is -0.361 e. The maximum Gasteiger partial charge on any atom is 0.245 e. The van der Waals surface area contributed by atoms with Crippen LogP contribution in [-0.2, 0) is 26.0 Å². The Morgan fingerprint density at radius 3 is 2.89 bits per heavy atom. The Morgan fingerprint density at radius 2 is 2.21 bits per heavy atom. The summed E-state index contributed by atoms with van der Waals surface area (Å²) in [6, 6.07) is 4.72. The van der Waals surface area contributed by atoms with Gasteiger partial charge in [0, 0.05) is 12.2 Å². The molecule has 1 amide bonds. The van der Waals surface area contributed by atoms with E-state index in [1.54, 1.807) is 19.1 Å². The van der Waals surface area contributed by atoms with Gasteiger partial charge < -0.3 is 10.1 Å². The molecule has 0 aliphatic carbocycles. The zero-order valence-corrected chi connectivity index (χ0v) is 11.2. The van der Waals surface area contributed by atoms with Crippen LogP contribution in [0.1, 0.15) is 12.5 Å². The number of rotatable bonds is 2. The Hall–Kier alpha value is -1.44. The number of hydrogen-bond donors (Lipinski definition) is 1. The first-order chi connectivity index (χ1) is 8.98. The molecule has 0 radical (unpaired) electrons. The minimum absolute atomic E-state index is 0.109. The second-order valence-corrected chi connectivity index (χ2v) is 6.52. The monoisotopic (exact) mass is 282 g/mol. The molecule has 1 unspecified atom stereocenters. The molecule has 102 valence electrons. The Morgan fingerprint density at radius 1 is 1.42 bits per heavy atom. The fourth-order valence-electron chi connectivity index (χ4n) is 2.40. The number of amides is 1. The molecule has 19 heavy (non-hydrogen) atoms. The van der Waals surface area contributed by atoms with Gasteiger partial charge in [-0.1, -0.05) is 0 Å². The van der Waals surface area contributed by atoms with Crippen molar-refractivity contribution in [1.82, 2.24) is 4.31 Å². The Kier molecular flexibility index (Phi) is 2.84. The molecule has 1 fully saturated rings. The van der Waals surface area contributed by atoms with Crippen molar-refractivity contribution in [2.24, 2.45) is 0 Å². The summed E-state index contributed by atoms with van der Waals surface area (Å²) in [6.45, 7) is 2.48. The number of hydrogen-bond acceptors (Lipinski definition) is 4. The molecule has 2 aliphatic rings. The highest BCUT2D eigenvalue weighted by Gasteiger charge is 2.34. The van der Waals surface area contributed by atoms with E-state index in [2.05, 4.69) is 5.32 Å². The number of nitrogens with one attached hydrogen (secondary N) is 1. The summed E-state index contributed by atoms with van der Waals surface area (Å²) < 4.78 is 31.5. The first-order valence-electron chi connectivity index (χ1n) is 6.05. The summed E-state index contributed by atoms with van der Waals surface area (Å²) >= 11 is 0. The highest BCUT2D eigenvalue weighted by Crippen LogP contribution is 2.28. The normalized spacial score (nSPS) is 23.4. The SMILES string of the molecule is CC1OCCN1S(=O)(=O)c1ccc2c(c1)CC(=O)N2. The van der Waals surface area contributed by atoms with Gasteiger partial charge in [-0.3, -0.25) is 4.79 Å². The van der Waals surface area contributed by atoms with Crippen molar-refractivity contribution >= 4 is 21.6 Å². The number of anilines is 1. The topological polar surface area (TPSA) is 75.7 Å². The van der Waals surface area contributed by atoms with Crippen LogP contribution in [0.25, 0.3) is 0 Å². The van der Waals surface area contributed by atoms with Crippen molar-refractivity contribution in [1.29, 1.82) is 0 Å². The zero-order valence-electron chi connectivity index (χ0n) is 10.4. The lowest BCUT2D eigenvalue weighted by Crippen LogP contribution is -2.34. The second-order valence-electron chi connectivity index (χ2n) is 4.63. The van der Waals surface area contributed by atoms with Gasteiger partial charge in [0.05, 0.1) is 17.9 Å².